The van der Waals surface area contributed by atoms with Crippen molar-refractivity contribution in [2.24, 2.45) is 5.92 Å². The van der Waals surface area contributed by atoms with Crippen LogP contribution in [0.25, 0.3) is 0 Å². The molecule has 2 aliphatic rings. The third kappa shape index (κ3) is 4.08. The molecule has 0 N–H and O–H groups in total. The normalized spacial score (nSPS) is 20.8. The predicted molar refractivity (Wildman–Crippen MR) is 110 cm³/mol. The molecule has 1 amide bonds. The van der Waals surface area contributed by atoms with Crippen molar-refractivity contribution < 1.29 is 4.79 Å². The molecule has 2 aromatic heterocycles. The van der Waals surface area contributed by atoms with E-state index in [0.29, 0.717) is 16.6 Å². The van der Waals surface area contributed by atoms with Crippen LogP contribution in [0.5, 0.6) is 0 Å². The maximum atomic E-state index is 13.0. The lowest BCUT2D eigenvalue weighted by Crippen LogP contribution is -2.46. The summed E-state index contributed by atoms with van der Waals surface area (Å²) in [5, 5.41) is 1.05. The number of halogens is 2. The van der Waals surface area contributed by atoms with Crippen LogP contribution in [0.2, 0.25) is 10.2 Å². The molecule has 0 unspecified atom stereocenters. The van der Waals surface area contributed by atoms with Gasteiger partial charge in [0.15, 0.2) is 0 Å². The predicted octanol–water partition coefficient (Wildman–Crippen LogP) is 3.55. The number of anilines is 1. The van der Waals surface area contributed by atoms with Crippen LogP contribution >= 0.6 is 23.2 Å². The van der Waals surface area contributed by atoms with Gasteiger partial charge in [-0.15, -0.1) is 0 Å². The summed E-state index contributed by atoms with van der Waals surface area (Å²) >= 11 is 12.1. The third-order valence-corrected chi connectivity index (χ3v) is 6.20. The molecule has 0 aromatic carbocycles. The van der Waals surface area contributed by atoms with Crippen LogP contribution in [-0.4, -0.2) is 51.4 Å². The zero-order valence-electron chi connectivity index (χ0n) is 15.8. The molecule has 28 heavy (non-hydrogen) atoms. The van der Waals surface area contributed by atoms with Crippen molar-refractivity contribution in [1.29, 1.82) is 0 Å². The number of carbonyl (C=O) groups is 1. The average molecular weight is 420 g/mol. The number of carbonyl (C=O) groups excluding carboxylic acids is 1. The first-order valence-electron chi connectivity index (χ1n) is 9.65. The second kappa shape index (κ2) is 8.21. The monoisotopic (exact) mass is 419 g/mol. The summed E-state index contributed by atoms with van der Waals surface area (Å²) in [6.07, 6.45) is 8.45. The van der Waals surface area contributed by atoms with Gasteiger partial charge in [0.05, 0.1) is 23.1 Å². The third-order valence-electron chi connectivity index (χ3n) is 5.68. The highest BCUT2D eigenvalue weighted by Gasteiger charge is 2.37. The van der Waals surface area contributed by atoms with E-state index in [1.165, 1.54) is 0 Å². The van der Waals surface area contributed by atoms with E-state index in [-0.39, 0.29) is 17.9 Å². The van der Waals surface area contributed by atoms with Gasteiger partial charge in [-0.25, -0.2) is 9.97 Å². The Kier molecular flexibility index (Phi) is 5.69. The van der Waals surface area contributed by atoms with Gasteiger partial charge in [-0.05, 0) is 37.8 Å². The van der Waals surface area contributed by atoms with E-state index in [2.05, 4.69) is 24.8 Å². The summed E-state index contributed by atoms with van der Waals surface area (Å²) in [5.41, 5.74) is 1.86. The first-order valence-corrected chi connectivity index (χ1v) is 10.4. The van der Waals surface area contributed by atoms with Gasteiger partial charge in [0, 0.05) is 44.2 Å². The Bertz CT molecular complexity index is 852. The van der Waals surface area contributed by atoms with Gasteiger partial charge < -0.3 is 9.80 Å². The zero-order chi connectivity index (χ0) is 19.7. The highest BCUT2D eigenvalue weighted by Crippen LogP contribution is 2.30. The Labute approximate surface area is 174 Å². The van der Waals surface area contributed by atoms with E-state index in [1.807, 2.05) is 19.2 Å². The van der Waals surface area contributed by atoms with Gasteiger partial charge in [0.1, 0.15) is 11.0 Å². The lowest BCUT2D eigenvalue weighted by atomic mass is 10.00. The lowest BCUT2D eigenvalue weighted by Gasteiger charge is -2.37. The molecule has 4 heterocycles. The molecule has 2 saturated heterocycles. The maximum absolute atomic E-state index is 13.0. The van der Waals surface area contributed by atoms with Crippen molar-refractivity contribution in [1.82, 2.24) is 19.9 Å². The Morgan fingerprint density at radius 1 is 1.04 bits per heavy atom. The fourth-order valence-electron chi connectivity index (χ4n) is 4.14. The van der Waals surface area contributed by atoms with Crippen molar-refractivity contribution >= 4 is 34.9 Å². The number of pyridine rings is 1. The molecular weight excluding hydrogens is 397 g/mol. The first kappa shape index (κ1) is 19.4. The first-order chi connectivity index (χ1) is 13.5. The summed E-state index contributed by atoms with van der Waals surface area (Å²) in [7, 11) is 0. The minimum Gasteiger partial charge on any atom is -0.355 e. The van der Waals surface area contributed by atoms with E-state index >= 15 is 0 Å². The molecular formula is C20H23Cl2N5O. The van der Waals surface area contributed by atoms with Crippen LogP contribution < -0.4 is 4.90 Å². The van der Waals surface area contributed by atoms with Gasteiger partial charge in [-0.3, -0.25) is 9.78 Å². The number of amides is 1. The largest absolute Gasteiger partial charge is 0.355 e. The Balaban J connectivity index is 1.35. The summed E-state index contributed by atoms with van der Waals surface area (Å²) in [4.78, 5) is 30.1. The van der Waals surface area contributed by atoms with E-state index in [9.17, 15) is 4.79 Å². The van der Waals surface area contributed by atoms with Crippen LogP contribution in [-0.2, 0) is 11.2 Å². The number of hydrogen-bond donors (Lipinski definition) is 0. The number of piperidine rings is 1. The molecule has 0 radical (unpaired) electrons. The molecule has 1 atom stereocenters. The second-order valence-electron chi connectivity index (χ2n) is 7.58. The fraction of sp³-hybridized carbons (Fsp3) is 0.500. The minimum absolute atomic E-state index is 0.0205. The number of rotatable bonds is 4. The second-order valence-corrected chi connectivity index (χ2v) is 8.37. The molecule has 8 heteroatoms. The van der Waals surface area contributed by atoms with E-state index in [4.69, 9.17) is 23.2 Å². The SMILES string of the molecule is Cc1cnc(C[C@H]2CCN(C3CCN(c4cnc(Cl)cn4)CC3)C2=O)c(Cl)c1. The van der Waals surface area contributed by atoms with Crippen LogP contribution in [0, 0.1) is 12.8 Å². The van der Waals surface area contributed by atoms with Gasteiger partial charge in [-0.1, -0.05) is 23.2 Å². The van der Waals surface area contributed by atoms with E-state index in [1.54, 1.807) is 12.4 Å². The topological polar surface area (TPSA) is 62.2 Å². The molecule has 2 aromatic rings. The van der Waals surface area contributed by atoms with Gasteiger partial charge in [-0.2, -0.15) is 0 Å². The van der Waals surface area contributed by atoms with Crippen molar-refractivity contribution in [3.63, 3.8) is 0 Å². The van der Waals surface area contributed by atoms with Gasteiger partial charge in [0.2, 0.25) is 5.91 Å². The van der Waals surface area contributed by atoms with Crippen LogP contribution in [0.15, 0.2) is 24.7 Å². The van der Waals surface area contributed by atoms with Crippen LogP contribution in [0.4, 0.5) is 5.82 Å². The highest BCUT2D eigenvalue weighted by atomic mass is 35.5. The molecule has 6 nitrogen and oxygen atoms in total. The van der Waals surface area contributed by atoms with E-state index in [0.717, 1.165) is 56.0 Å². The van der Waals surface area contributed by atoms with Crippen molar-refractivity contribution in [3.05, 3.63) is 46.1 Å². The molecule has 2 aliphatic heterocycles. The Morgan fingerprint density at radius 2 is 1.82 bits per heavy atom. The molecule has 0 aliphatic carbocycles. The fourth-order valence-corrected chi connectivity index (χ4v) is 4.53. The lowest BCUT2D eigenvalue weighted by molar-refractivity contribution is -0.133. The molecule has 2 fully saturated rings. The van der Waals surface area contributed by atoms with Crippen molar-refractivity contribution in [3.8, 4) is 0 Å². The smallest absolute Gasteiger partial charge is 0.226 e. The maximum Gasteiger partial charge on any atom is 0.226 e. The minimum atomic E-state index is -0.0205. The summed E-state index contributed by atoms with van der Waals surface area (Å²) in [6.45, 7) is 4.51. The van der Waals surface area contributed by atoms with Crippen LogP contribution in [0.3, 0.4) is 0 Å². The quantitative estimate of drug-likeness (QED) is 0.757. The number of nitrogens with zero attached hydrogens (tertiary/aromatic N) is 5. The average Bonchev–Trinajstić information content (AvgIpc) is 3.05. The molecule has 0 bridgehead atoms. The molecule has 0 saturated carbocycles. The Morgan fingerprint density at radius 3 is 2.50 bits per heavy atom. The van der Waals surface area contributed by atoms with Crippen molar-refractivity contribution in [2.45, 2.75) is 38.6 Å². The Hall–Kier alpha value is -1.92. The summed E-state index contributed by atoms with van der Waals surface area (Å²) in [6, 6.07) is 2.20. The number of likely N-dealkylation sites (tertiary alicyclic amines) is 1. The summed E-state index contributed by atoms with van der Waals surface area (Å²) < 4.78 is 0. The van der Waals surface area contributed by atoms with Crippen LogP contribution in [0.1, 0.15) is 30.5 Å². The molecule has 148 valence electrons. The standard InChI is InChI=1S/C20H23Cl2N5O/c1-13-8-16(21)17(23-10-13)9-14-2-7-27(20(14)28)15-3-5-26(6-4-15)19-12-24-18(22)11-25-19/h8,10-12,14-15H,2-7,9H2,1H3/t14-/m1/s1. The number of aromatic nitrogens is 3. The molecule has 0 spiro atoms. The number of hydrogen-bond acceptors (Lipinski definition) is 5. The molecule has 4 rings (SSSR count). The van der Waals surface area contributed by atoms with Gasteiger partial charge >= 0.3 is 0 Å². The van der Waals surface area contributed by atoms with Gasteiger partial charge in [0.25, 0.3) is 0 Å². The highest BCUT2D eigenvalue weighted by molar-refractivity contribution is 6.31. The van der Waals surface area contributed by atoms with E-state index < -0.39 is 0 Å². The number of aryl methyl sites for hydroxylation is 1. The zero-order valence-corrected chi connectivity index (χ0v) is 17.3. The van der Waals surface area contributed by atoms with Crippen molar-refractivity contribution in [2.75, 3.05) is 24.5 Å². The summed E-state index contributed by atoms with van der Waals surface area (Å²) in [5.74, 6) is 1.06.